The first kappa shape index (κ1) is 14.4. The topological polar surface area (TPSA) is 38.5 Å². The lowest BCUT2D eigenvalue weighted by atomic mass is 9.73. The summed E-state index contributed by atoms with van der Waals surface area (Å²) in [5, 5.41) is 0. The van der Waals surface area contributed by atoms with Gasteiger partial charge >= 0.3 is 0 Å². The summed E-state index contributed by atoms with van der Waals surface area (Å²) in [6.07, 6.45) is 6.27. The Morgan fingerprint density at radius 1 is 1.11 bits per heavy atom. The molecule has 1 saturated carbocycles. The van der Waals surface area contributed by atoms with Gasteiger partial charge in [-0.25, -0.2) is 0 Å². The number of hydrogen-bond donors (Lipinski definition) is 1. The fourth-order valence-electron chi connectivity index (χ4n) is 3.32. The molecule has 1 atom stereocenters. The van der Waals surface area contributed by atoms with Crippen molar-refractivity contribution in [1.82, 2.24) is 4.90 Å². The first-order chi connectivity index (χ1) is 9.10. The molecule has 0 amide bonds. The minimum absolute atomic E-state index is 0.0636. The van der Waals surface area contributed by atoms with Crippen molar-refractivity contribution < 1.29 is 4.74 Å². The van der Waals surface area contributed by atoms with Gasteiger partial charge in [-0.1, -0.05) is 31.4 Å². The second-order valence-electron chi connectivity index (χ2n) is 5.81. The van der Waals surface area contributed by atoms with E-state index in [1.807, 2.05) is 12.1 Å². The highest BCUT2D eigenvalue weighted by Crippen LogP contribution is 2.40. The fraction of sp³-hybridized carbons (Fsp3) is 0.625. The van der Waals surface area contributed by atoms with Gasteiger partial charge in [0.05, 0.1) is 7.11 Å². The van der Waals surface area contributed by atoms with Gasteiger partial charge in [-0.15, -0.1) is 0 Å². The summed E-state index contributed by atoms with van der Waals surface area (Å²) < 4.78 is 5.22. The Bertz CT molecular complexity index is 394. The largest absolute Gasteiger partial charge is 0.497 e. The van der Waals surface area contributed by atoms with E-state index in [0.29, 0.717) is 0 Å². The molecule has 1 aromatic rings. The Hall–Kier alpha value is -1.06. The monoisotopic (exact) mass is 262 g/mol. The number of nitrogens with two attached hydrogens (primary N) is 1. The zero-order valence-corrected chi connectivity index (χ0v) is 12.4. The molecule has 1 unspecified atom stereocenters. The molecule has 1 aromatic carbocycles. The first-order valence-corrected chi connectivity index (χ1v) is 7.17. The van der Waals surface area contributed by atoms with Gasteiger partial charge < -0.3 is 15.4 Å². The van der Waals surface area contributed by atoms with E-state index >= 15 is 0 Å². The molecule has 2 N–H and O–H groups in total. The molecule has 106 valence electrons. The van der Waals surface area contributed by atoms with Crippen LogP contribution in [0.4, 0.5) is 0 Å². The van der Waals surface area contributed by atoms with Crippen molar-refractivity contribution in [2.24, 2.45) is 5.73 Å². The van der Waals surface area contributed by atoms with Gasteiger partial charge in [0.25, 0.3) is 0 Å². The van der Waals surface area contributed by atoms with Crippen molar-refractivity contribution in [1.29, 1.82) is 0 Å². The standard InChI is InChI=1S/C16H26N2O/c1-18(2)16(11-5-4-6-12-16)15(17)13-7-9-14(19-3)10-8-13/h7-10,15H,4-6,11-12,17H2,1-3H3. The van der Waals surface area contributed by atoms with Crippen molar-refractivity contribution in [3.63, 3.8) is 0 Å². The van der Waals surface area contributed by atoms with Crippen LogP contribution in [0.5, 0.6) is 5.75 Å². The zero-order valence-electron chi connectivity index (χ0n) is 12.4. The first-order valence-electron chi connectivity index (χ1n) is 7.17. The van der Waals surface area contributed by atoms with E-state index in [2.05, 4.69) is 31.1 Å². The van der Waals surface area contributed by atoms with E-state index < -0.39 is 0 Å². The van der Waals surface area contributed by atoms with Crippen molar-refractivity contribution >= 4 is 0 Å². The van der Waals surface area contributed by atoms with Gasteiger partial charge in [-0.05, 0) is 44.6 Å². The Morgan fingerprint density at radius 3 is 2.16 bits per heavy atom. The third kappa shape index (κ3) is 2.77. The van der Waals surface area contributed by atoms with Crippen LogP contribution in [0.1, 0.15) is 43.7 Å². The highest BCUT2D eigenvalue weighted by molar-refractivity contribution is 5.31. The maximum absolute atomic E-state index is 6.61. The Labute approximate surface area is 116 Å². The number of likely N-dealkylation sites (N-methyl/N-ethyl adjacent to an activating group) is 1. The molecular formula is C16H26N2O. The fourth-order valence-corrected chi connectivity index (χ4v) is 3.32. The minimum Gasteiger partial charge on any atom is -0.497 e. The van der Waals surface area contributed by atoms with Crippen LogP contribution in [-0.2, 0) is 0 Å². The molecule has 0 aliphatic heterocycles. The van der Waals surface area contributed by atoms with Gasteiger partial charge in [0, 0.05) is 11.6 Å². The third-order valence-electron chi connectivity index (χ3n) is 4.66. The smallest absolute Gasteiger partial charge is 0.118 e. The molecule has 1 aliphatic carbocycles. The molecule has 0 saturated heterocycles. The SMILES string of the molecule is COc1ccc(C(N)C2(N(C)C)CCCCC2)cc1. The number of hydrogen-bond acceptors (Lipinski definition) is 3. The molecule has 1 fully saturated rings. The average Bonchev–Trinajstić information content (AvgIpc) is 2.47. The van der Waals surface area contributed by atoms with Crippen LogP contribution in [0.3, 0.4) is 0 Å². The molecular weight excluding hydrogens is 236 g/mol. The highest BCUT2D eigenvalue weighted by Gasteiger charge is 2.40. The predicted octanol–water partition coefficient (Wildman–Crippen LogP) is 2.96. The predicted molar refractivity (Wildman–Crippen MR) is 79.4 cm³/mol. The van der Waals surface area contributed by atoms with Gasteiger partial charge in [0.15, 0.2) is 0 Å². The molecule has 0 radical (unpaired) electrons. The van der Waals surface area contributed by atoms with Crippen molar-refractivity contribution in [2.45, 2.75) is 43.7 Å². The number of benzene rings is 1. The van der Waals surface area contributed by atoms with Crippen molar-refractivity contribution in [2.75, 3.05) is 21.2 Å². The number of rotatable bonds is 4. The number of nitrogens with zero attached hydrogens (tertiary/aromatic N) is 1. The summed E-state index contributed by atoms with van der Waals surface area (Å²) in [4.78, 5) is 2.33. The third-order valence-corrected chi connectivity index (χ3v) is 4.66. The molecule has 3 heteroatoms. The Morgan fingerprint density at radius 2 is 1.68 bits per heavy atom. The van der Waals surface area contributed by atoms with Gasteiger partial charge in [-0.3, -0.25) is 0 Å². The lowest BCUT2D eigenvalue weighted by Crippen LogP contribution is -2.53. The van der Waals surface area contributed by atoms with Crippen LogP contribution >= 0.6 is 0 Å². The van der Waals surface area contributed by atoms with E-state index in [4.69, 9.17) is 10.5 Å². The van der Waals surface area contributed by atoms with E-state index in [-0.39, 0.29) is 11.6 Å². The molecule has 19 heavy (non-hydrogen) atoms. The molecule has 2 rings (SSSR count). The lowest BCUT2D eigenvalue weighted by molar-refractivity contribution is 0.0713. The Kier molecular flexibility index (Phi) is 4.48. The summed E-state index contributed by atoms with van der Waals surface area (Å²) in [6.45, 7) is 0. The quantitative estimate of drug-likeness (QED) is 0.906. The van der Waals surface area contributed by atoms with E-state index in [0.717, 1.165) is 5.75 Å². The van der Waals surface area contributed by atoms with Crippen LogP contribution in [0.15, 0.2) is 24.3 Å². The normalized spacial score (nSPS) is 20.3. The van der Waals surface area contributed by atoms with Gasteiger partial charge in [0.1, 0.15) is 5.75 Å². The highest BCUT2D eigenvalue weighted by atomic mass is 16.5. The van der Waals surface area contributed by atoms with Crippen LogP contribution in [0.25, 0.3) is 0 Å². The van der Waals surface area contributed by atoms with Gasteiger partial charge in [0.2, 0.25) is 0 Å². The van der Waals surface area contributed by atoms with Crippen LogP contribution < -0.4 is 10.5 Å². The molecule has 0 spiro atoms. The summed E-state index contributed by atoms with van der Waals surface area (Å²) in [6, 6.07) is 8.27. The molecule has 1 aliphatic rings. The maximum Gasteiger partial charge on any atom is 0.118 e. The summed E-state index contributed by atoms with van der Waals surface area (Å²) in [5.41, 5.74) is 7.92. The van der Waals surface area contributed by atoms with E-state index in [9.17, 15) is 0 Å². The minimum atomic E-state index is 0.0636. The van der Waals surface area contributed by atoms with Gasteiger partial charge in [-0.2, -0.15) is 0 Å². The van der Waals surface area contributed by atoms with E-state index in [1.165, 1.54) is 37.7 Å². The molecule has 0 bridgehead atoms. The zero-order chi connectivity index (χ0) is 13.9. The van der Waals surface area contributed by atoms with Crippen LogP contribution in [-0.4, -0.2) is 31.6 Å². The second-order valence-corrected chi connectivity index (χ2v) is 5.81. The van der Waals surface area contributed by atoms with Crippen molar-refractivity contribution in [3.8, 4) is 5.75 Å². The second kappa shape index (κ2) is 5.93. The molecule has 0 aromatic heterocycles. The van der Waals surface area contributed by atoms with Crippen LogP contribution in [0, 0.1) is 0 Å². The number of ether oxygens (including phenoxy) is 1. The molecule has 3 nitrogen and oxygen atoms in total. The van der Waals surface area contributed by atoms with Crippen molar-refractivity contribution in [3.05, 3.63) is 29.8 Å². The summed E-state index contributed by atoms with van der Waals surface area (Å²) in [7, 11) is 6.01. The molecule has 0 heterocycles. The average molecular weight is 262 g/mol. The summed E-state index contributed by atoms with van der Waals surface area (Å²) >= 11 is 0. The maximum atomic E-state index is 6.61. The van der Waals surface area contributed by atoms with E-state index in [1.54, 1.807) is 7.11 Å². The lowest BCUT2D eigenvalue weighted by Gasteiger charge is -2.47. The Balaban J connectivity index is 2.25. The van der Waals surface area contributed by atoms with Crippen LogP contribution in [0.2, 0.25) is 0 Å². The number of methoxy groups -OCH3 is 1. The summed E-state index contributed by atoms with van der Waals surface area (Å²) in [5.74, 6) is 0.887.